The van der Waals surface area contributed by atoms with Gasteiger partial charge in [-0.1, -0.05) is 29.3 Å². The summed E-state index contributed by atoms with van der Waals surface area (Å²) >= 11 is 11.6. The predicted molar refractivity (Wildman–Crippen MR) is 68.8 cm³/mol. The molecule has 0 unspecified atom stereocenters. The summed E-state index contributed by atoms with van der Waals surface area (Å²) in [6, 6.07) is 8.15. The minimum absolute atomic E-state index is 0.155. The maximum absolute atomic E-state index is 11.6. The zero-order chi connectivity index (χ0) is 13.1. The zero-order valence-electron chi connectivity index (χ0n) is 9.10. The van der Waals surface area contributed by atoms with E-state index in [1.807, 2.05) is 6.07 Å². The van der Waals surface area contributed by atoms with Gasteiger partial charge in [0.25, 0.3) is 5.56 Å². The quantitative estimate of drug-likeness (QED) is 0.794. The molecule has 1 aromatic carbocycles. The Labute approximate surface area is 113 Å². The Hall–Kier alpha value is -1.83. The largest absolute Gasteiger partial charge is 0.295 e. The molecule has 0 atom stereocenters. The molecule has 0 saturated carbocycles. The molecule has 0 radical (unpaired) electrons. The van der Waals surface area contributed by atoms with Crippen LogP contribution in [-0.2, 0) is 6.54 Å². The van der Waals surface area contributed by atoms with Gasteiger partial charge in [0.05, 0.1) is 24.5 Å². The average Bonchev–Trinajstić information content (AvgIpc) is 2.34. The first-order valence-electron chi connectivity index (χ1n) is 5.00. The molecule has 0 amide bonds. The van der Waals surface area contributed by atoms with Gasteiger partial charge in [-0.25, -0.2) is 4.98 Å². The minimum atomic E-state index is -0.254. The molecule has 0 aliphatic heterocycles. The number of benzene rings is 1. The highest BCUT2D eigenvalue weighted by atomic mass is 35.5. The molecule has 4 nitrogen and oxygen atoms in total. The maximum Gasteiger partial charge on any atom is 0.255 e. The van der Waals surface area contributed by atoms with Gasteiger partial charge in [-0.05, 0) is 17.7 Å². The molecule has 0 aliphatic carbocycles. The summed E-state index contributed by atoms with van der Waals surface area (Å²) in [5, 5.41) is 9.32. The number of hydrogen-bond acceptors (Lipinski definition) is 3. The van der Waals surface area contributed by atoms with E-state index < -0.39 is 0 Å². The molecule has 0 aliphatic rings. The summed E-state index contributed by atoms with van der Waals surface area (Å²) < 4.78 is 1.39. The SMILES string of the molecule is N#Cc1ccc(Cn2cnc(Cl)cc2=O)c(Cl)c1. The molecule has 1 heterocycles. The maximum atomic E-state index is 11.6. The molecule has 0 spiro atoms. The lowest BCUT2D eigenvalue weighted by molar-refractivity contribution is 0.736. The van der Waals surface area contributed by atoms with Crippen molar-refractivity contribution in [2.24, 2.45) is 0 Å². The van der Waals surface area contributed by atoms with E-state index in [1.165, 1.54) is 17.0 Å². The van der Waals surface area contributed by atoms with Crippen molar-refractivity contribution in [1.29, 1.82) is 5.26 Å². The Bertz CT molecular complexity index is 688. The second-order valence-electron chi connectivity index (χ2n) is 3.60. The van der Waals surface area contributed by atoms with Gasteiger partial charge in [-0.15, -0.1) is 0 Å². The molecule has 0 N–H and O–H groups in total. The van der Waals surface area contributed by atoms with E-state index in [-0.39, 0.29) is 17.3 Å². The van der Waals surface area contributed by atoms with Crippen LogP contribution in [0.25, 0.3) is 0 Å². The van der Waals surface area contributed by atoms with Crippen molar-refractivity contribution in [1.82, 2.24) is 9.55 Å². The highest BCUT2D eigenvalue weighted by Gasteiger charge is 2.05. The van der Waals surface area contributed by atoms with E-state index in [2.05, 4.69) is 4.98 Å². The van der Waals surface area contributed by atoms with Crippen molar-refractivity contribution in [2.75, 3.05) is 0 Å². The van der Waals surface area contributed by atoms with Crippen molar-refractivity contribution in [2.45, 2.75) is 6.54 Å². The lowest BCUT2D eigenvalue weighted by atomic mass is 10.1. The van der Waals surface area contributed by atoms with Gasteiger partial charge < -0.3 is 0 Å². The van der Waals surface area contributed by atoms with Crippen LogP contribution in [0.5, 0.6) is 0 Å². The zero-order valence-corrected chi connectivity index (χ0v) is 10.6. The van der Waals surface area contributed by atoms with Crippen molar-refractivity contribution in [3.63, 3.8) is 0 Å². The van der Waals surface area contributed by atoms with Crippen LogP contribution in [0.15, 0.2) is 35.4 Å². The monoisotopic (exact) mass is 279 g/mol. The number of hydrogen-bond donors (Lipinski definition) is 0. The van der Waals surface area contributed by atoms with Crippen LogP contribution in [0.4, 0.5) is 0 Å². The van der Waals surface area contributed by atoms with Gasteiger partial charge in [-0.2, -0.15) is 5.26 Å². The van der Waals surface area contributed by atoms with Crippen molar-refractivity contribution >= 4 is 23.2 Å². The molecule has 90 valence electrons. The normalized spacial score (nSPS) is 10.1. The van der Waals surface area contributed by atoms with Crippen LogP contribution >= 0.6 is 23.2 Å². The summed E-state index contributed by atoms with van der Waals surface area (Å²) in [6.07, 6.45) is 1.36. The van der Waals surface area contributed by atoms with Crippen LogP contribution in [-0.4, -0.2) is 9.55 Å². The van der Waals surface area contributed by atoms with E-state index >= 15 is 0 Å². The molecule has 0 bridgehead atoms. The Morgan fingerprint density at radius 2 is 2.11 bits per heavy atom. The fraction of sp³-hybridized carbons (Fsp3) is 0.0833. The first-order chi connectivity index (χ1) is 8.60. The van der Waals surface area contributed by atoms with Crippen molar-refractivity contribution < 1.29 is 0 Å². The highest BCUT2D eigenvalue weighted by molar-refractivity contribution is 6.31. The minimum Gasteiger partial charge on any atom is -0.295 e. The topological polar surface area (TPSA) is 58.7 Å². The lowest BCUT2D eigenvalue weighted by Gasteiger charge is -2.07. The molecule has 0 fully saturated rings. The summed E-state index contributed by atoms with van der Waals surface area (Å²) in [7, 11) is 0. The standard InChI is InChI=1S/C12H7Cl2N3O/c13-10-3-8(5-15)1-2-9(10)6-17-7-16-11(14)4-12(17)18/h1-4,7H,6H2. The second kappa shape index (κ2) is 5.21. The molecule has 6 heteroatoms. The molecule has 2 rings (SSSR count). The molecular weight excluding hydrogens is 273 g/mol. The molecule has 0 saturated heterocycles. The summed E-state index contributed by atoms with van der Waals surface area (Å²) in [6.45, 7) is 0.285. The average molecular weight is 280 g/mol. The van der Waals surface area contributed by atoms with Crippen molar-refractivity contribution in [3.8, 4) is 6.07 Å². The van der Waals surface area contributed by atoms with Crippen LogP contribution in [0.1, 0.15) is 11.1 Å². The van der Waals surface area contributed by atoms with E-state index in [0.29, 0.717) is 10.6 Å². The third kappa shape index (κ3) is 2.70. The van der Waals surface area contributed by atoms with E-state index in [9.17, 15) is 4.79 Å². The second-order valence-corrected chi connectivity index (χ2v) is 4.39. The van der Waals surface area contributed by atoms with Gasteiger partial charge in [-0.3, -0.25) is 9.36 Å². The van der Waals surface area contributed by atoms with Crippen molar-refractivity contribution in [3.05, 3.63) is 62.2 Å². The molecule has 2 aromatic rings. The Morgan fingerprint density at radius 3 is 2.72 bits per heavy atom. The summed E-state index contributed by atoms with van der Waals surface area (Å²) in [5.41, 5.74) is 0.961. The first-order valence-corrected chi connectivity index (χ1v) is 5.76. The van der Waals surface area contributed by atoms with Crippen LogP contribution in [0.2, 0.25) is 10.2 Å². The smallest absolute Gasteiger partial charge is 0.255 e. The van der Waals surface area contributed by atoms with Crippen LogP contribution in [0.3, 0.4) is 0 Å². The Morgan fingerprint density at radius 1 is 1.33 bits per heavy atom. The molecule has 18 heavy (non-hydrogen) atoms. The number of aromatic nitrogens is 2. The molecular formula is C12H7Cl2N3O. The molecule has 1 aromatic heterocycles. The Kier molecular flexibility index (Phi) is 3.66. The van der Waals surface area contributed by atoms with Gasteiger partial charge in [0.2, 0.25) is 0 Å². The van der Waals surface area contributed by atoms with E-state index in [0.717, 1.165) is 5.56 Å². The third-order valence-corrected chi connectivity index (χ3v) is 2.93. The number of halogens is 2. The first kappa shape index (κ1) is 12.6. The summed E-state index contributed by atoms with van der Waals surface area (Å²) in [5.74, 6) is 0. The number of nitrogens with zero attached hydrogens (tertiary/aromatic N) is 3. The number of nitriles is 1. The van der Waals surface area contributed by atoms with E-state index in [1.54, 1.807) is 18.2 Å². The van der Waals surface area contributed by atoms with Gasteiger partial charge >= 0.3 is 0 Å². The summed E-state index contributed by atoms with van der Waals surface area (Å²) in [4.78, 5) is 15.5. The van der Waals surface area contributed by atoms with Gasteiger partial charge in [0, 0.05) is 11.1 Å². The van der Waals surface area contributed by atoms with E-state index in [4.69, 9.17) is 28.5 Å². The Balaban J connectivity index is 2.35. The third-order valence-electron chi connectivity index (χ3n) is 2.37. The predicted octanol–water partition coefficient (Wildman–Crippen LogP) is 2.47. The van der Waals surface area contributed by atoms with Crippen LogP contribution < -0.4 is 5.56 Å². The fourth-order valence-electron chi connectivity index (χ4n) is 1.45. The lowest BCUT2D eigenvalue weighted by Crippen LogP contribution is -2.20. The van der Waals surface area contributed by atoms with Gasteiger partial charge in [0.15, 0.2) is 0 Å². The van der Waals surface area contributed by atoms with Gasteiger partial charge in [0.1, 0.15) is 5.15 Å². The fourth-order valence-corrected chi connectivity index (χ4v) is 1.83. The number of rotatable bonds is 2. The highest BCUT2D eigenvalue weighted by Crippen LogP contribution is 2.18. The van der Waals surface area contributed by atoms with Crippen LogP contribution in [0, 0.1) is 11.3 Å².